The number of anilines is 1. The molecule has 0 aliphatic heterocycles. The molecule has 10 heteroatoms. The molecule has 0 fully saturated rings. The Hall–Kier alpha value is -2.29. The van der Waals surface area contributed by atoms with Gasteiger partial charge in [0.25, 0.3) is 0 Å². The number of rotatable bonds is 11. The SMILES string of the molecule is CCCCNC(=O)C(C)N(Cc1ccc(C)cc1)C(=O)CN(c1ccc(Cl)c(Cl)c1)S(C)(=O)=O. The van der Waals surface area contributed by atoms with Crippen LogP contribution in [0.25, 0.3) is 0 Å². The van der Waals surface area contributed by atoms with E-state index in [0.717, 1.165) is 34.5 Å². The van der Waals surface area contributed by atoms with Crippen molar-refractivity contribution >= 4 is 50.7 Å². The third kappa shape index (κ3) is 7.89. The number of hydrogen-bond acceptors (Lipinski definition) is 4. The van der Waals surface area contributed by atoms with Gasteiger partial charge in [-0.3, -0.25) is 13.9 Å². The summed E-state index contributed by atoms with van der Waals surface area (Å²) in [6.07, 6.45) is 2.76. The Morgan fingerprint density at radius 1 is 1.06 bits per heavy atom. The van der Waals surface area contributed by atoms with Gasteiger partial charge in [0.2, 0.25) is 21.8 Å². The van der Waals surface area contributed by atoms with Crippen LogP contribution in [0.1, 0.15) is 37.8 Å². The zero-order valence-corrected chi connectivity index (χ0v) is 22.2. The monoisotopic (exact) mass is 527 g/mol. The van der Waals surface area contributed by atoms with Gasteiger partial charge in [-0.05, 0) is 44.0 Å². The lowest BCUT2D eigenvalue weighted by atomic mass is 10.1. The van der Waals surface area contributed by atoms with Crippen LogP contribution in [-0.4, -0.2) is 50.5 Å². The van der Waals surface area contributed by atoms with Gasteiger partial charge in [-0.2, -0.15) is 0 Å². The molecule has 0 aliphatic rings. The molecule has 2 rings (SSSR count). The molecule has 2 amide bonds. The van der Waals surface area contributed by atoms with Crippen LogP contribution in [0.4, 0.5) is 5.69 Å². The molecule has 0 spiro atoms. The minimum Gasteiger partial charge on any atom is -0.354 e. The summed E-state index contributed by atoms with van der Waals surface area (Å²) in [5.74, 6) is -0.815. The van der Waals surface area contributed by atoms with E-state index in [-0.39, 0.29) is 28.2 Å². The maximum absolute atomic E-state index is 13.5. The molecule has 2 aromatic carbocycles. The summed E-state index contributed by atoms with van der Waals surface area (Å²) < 4.78 is 26.1. The summed E-state index contributed by atoms with van der Waals surface area (Å²) in [7, 11) is -3.83. The molecule has 0 radical (unpaired) electrons. The first kappa shape index (κ1) is 28.0. The van der Waals surface area contributed by atoms with E-state index in [0.29, 0.717) is 6.54 Å². The van der Waals surface area contributed by atoms with Crippen molar-refractivity contribution in [3.8, 4) is 0 Å². The average molecular weight is 529 g/mol. The van der Waals surface area contributed by atoms with Gasteiger partial charge < -0.3 is 10.2 Å². The number of sulfonamides is 1. The van der Waals surface area contributed by atoms with Crippen molar-refractivity contribution in [3.63, 3.8) is 0 Å². The lowest BCUT2D eigenvalue weighted by molar-refractivity contribution is -0.139. The Morgan fingerprint density at radius 3 is 2.26 bits per heavy atom. The second-order valence-corrected chi connectivity index (χ2v) is 10.9. The number of carbonyl (C=O) groups excluding carboxylic acids is 2. The fourth-order valence-electron chi connectivity index (χ4n) is 3.26. The van der Waals surface area contributed by atoms with Crippen molar-refractivity contribution < 1.29 is 18.0 Å². The van der Waals surface area contributed by atoms with E-state index in [1.165, 1.54) is 23.1 Å². The zero-order chi connectivity index (χ0) is 25.5. The summed E-state index contributed by atoms with van der Waals surface area (Å²) in [5.41, 5.74) is 2.10. The van der Waals surface area contributed by atoms with Gasteiger partial charge in [0.05, 0.1) is 22.0 Å². The van der Waals surface area contributed by atoms with Crippen LogP contribution in [0.2, 0.25) is 10.0 Å². The minimum absolute atomic E-state index is 0.153. The fraction of sp³-hybridized carbons (Fsp3) is 0.417. The molecule has 1 N–H and O–H groups in total. The maximum atomic E-state index is 13.5. The lowest BCUT2D eigenvalue weighted by Gasteiger charge is -2.31. The molecule has 7 nitrogen and oxygen atoms in total. The quantitative estimate of drug-likeness (QED) is 0.438. The second-order valence-electron chi connectivity index (χ2n) is 8.20. The molecule has 186 valence electrons. The molecule has 2 aromatic rings. The van der Waals surface area contributed by atoms with Crippen molar-refractivity contribution in [1.82, 2.24) is 10.2 Å². The molecular weight excluding hydrogens is 497 g/mol. The number of nitrogens with one attached hydrogen (secondary N) is 1. The Kier molecular flexibility index (Phi) is 10.2. The highest BCUT2D eigenvalue weighted by Gasteiger charge is 2.30. The number of carbonyl (C=O) groups is 2. The largest absolute Gasteiger partial charge is 0.354 e. The van der Waals surface area contributed by atoms with Gasteiger partial charge in [-0.15, -0.1) is 0 Å². The van der Waals surface area contributed by atoms with E-state index < -0.39 is 28.5 Å². The summed E-state index contributed by atoms with van der Waals surface area (Å²) in [6, 6.07) is 11.1. The van der Waals surface area contributed by atoms with Crippen molar-refractivity contribution in [2.45, 2.75) is 46.2 Å². The van der Waals surface area contributed by atoms with E-state index in [1.54, 1.807) is 6.92 Å². The first-order valence-corrected chi connectivity index (χ1v) is 13.6. The van der Waals surface area contributed by atoms with E-state index in [2.05, 4.69) is 5.32 Å². The van der Waals surface area contributed by atoms with Crippen molar-refractivity contribution in [3.05, 3.63) is 63.6 Å². The van der Waals surface area contributed by atoms with Gasteiger partial charge in [-0.1, -0.05) is 66.4 Å². The van der Waals surface area contributed by atoms with Gasteiger partial charge >= 0.3 is 0 Å². The van der Waals surface area contributed by atoms with E-state index >= 15 is 0 Å². The highest BCUT2D eigenvalue weighted by atomic mass is 35.5. The minimum atomic E-state index is -3.83. The Bertz CT molecular complexity index is 1110. The smallest absolute Gasteiger partial charge is 0.244 e. The standard InChI is InChI=1S/C24H31Cl2N3O4S/c1-5-6-13-27-24(31)18(3)28(15-19-9-7-17(2)8-10-19)23(30)16-29(34(4,32)33)20-11-12-21(25)22(26)14-20/h7-12,14,18H,5-6,13,15-16H2,1-4H3,(H,27,31). The van der Waals surface area contributed by atoms with Crippen LogP contribution in [0.15, 0.2) is 42.5 Å². The number of aryl methyl sites for hydroxylation is 1. The zero-order valence-electron chi connectivity index (χ0n) is 19.8. The van der Waals surface area contributed by atoms with Gasteiger partial charge in [0, 0.05) is 13.1 Å². The van der Waals surface area contributed by atoms with Gasteiger partial charge in [0.1, 0.15) is 12.6 Å². The summed E-state index contributed by atoms with van der Waals surface area (Å²) in [5, 5.41) is 3.28. The van der Waals surface area contributed by atoms with Crippen LogP contribution < -0.4 is 9.62 Å². The molecule has 1 unspecified atom stereocenters. The van der Waals surface area contributed by atoms with Crippen molar-refractivity contribution in [1.29, 1.82) is 0 Å². The summed E-state index contributed by atoms with van der Waals surface area (Å²) in [6.45, 7) is 5.78. The molecule has 0 heterocycles. The topological polar surface area (TPSA) is 86.8 Å². The first-order valence-electron chi connectivity index (χ1n) is 11.0. The predicted molar refractivity (Wildman–Crippen MR) is 138 cm³/mol. The van der Waals surface area contributed by atoms with Crippen LogP contribution in [0.3, 0.4) is 0 Å². The maximum Gasteiger partial charge on any atom is 0.244 e. The summed E-state index contributed by atoms with van der Waals surface area (Å²) >= 11 is 12.0. The van der Waals surface area contributed by atoms with Gasteiger partial charge in [0.15, 0.2) is 0 Å². The average Bonchev–Trinajstić information content (AvgIpc) is 2.77. The molecule has 0 saturated heterocycles. The van der Waals surface area contributed by atoms with Crippen LogP contribution in [-0.2, 0) is 26.2 Å². The van der Waals surface area contributed by atoms with E-state index in [1.807, 2.05) is 38.1 Å². The molecule has 0 aliphatic carbocycles. The molecule has 0 aromatic heterocycles. The number of halogens is 2. The molecule has 0 saturated carbocycles. The first-order chi connectivity index (χ1) is 15.9. The number of unbranched alkanes of at least 4 members (excludes halogenated alkanes) is 1. The molecular formula is C24H31Cl2N3O4S. The van der Waals surface area contributed by atoms with Gasteiger partial charge in [-0.25, -0.2) is 8.42 Å². The predicted octanol–water partition coefficient (Wildman–Crippen LogP) is 4.40. The molecule has 34 heavy (non-hydrogen) atoms. The fourth-order valence-corrected chi connectivity index (χ4v) is 4.40. The molecule has 1 atom stereocenters. The Balaban J connectivity index is 2.35. The highest BCUT2D eigenvalue weighted by Crippen LogP contribution is 2.28. The van der Waals surface area contributed by atoms with Crippen molar-refractivity contribution in [2.24, 2.45) is 0 Å². The second kappa shape index (κ2) is 12.4. The third-order valence-electron chi connectivity index (χ3n) is 5.34. The van der Waals surface area contributed by atoms with Crippen LogP contribution >= 0.6 is 23.2 Å². The number of benzene rings is 2. The number of amides is 2. The number of nitrogens with zero attached hydrogens (tertiary/aromatic N) is 2. The normalized spacial score (nSPS) is 12.2. The van der Waals surface area contributed by atoms with Crippen LogP contribution in [0.5, 0.6) is 0 Å². The number of hydrogen-bond donors (Lipinski definition) is 1. The lowest BCUT2D eigenvalue weighted by Crippen LogP contribution is -2.51. The highest BCUT2D eigenvalue weighted by molar-refractivity contribution is 7.92. The van der Waals surface area contributed by atoms with Crippen LogP contribution in [0, 0.1) is 6.92 Å². The van der Waals surface area contributed by atoms with E-state index in [4.69, 9.17) is 23.2 Å². The third-order valence-corrected chi connectivity index (χ3v) is 7.22. The molecule has 0 bridgehead atoms. The van der Waals surface area contributed by atoms with E-state index in [9.17, 15) is 18.0 Å². The summed E-state index contributed by atoms with van der Waals surface area (Å²) in [4.78, 5) is 27.6. The Labute approximate surface area is 212 Å². The Morgan fingerprint density at radius 2 is 1.71 bits per heavy atom. The van der Waals surface area contributed by atoms with Crippen molar-refractivity contribution in [2.75, 3.05) is 23.7 Å².